The lowest BCUT2D eigenvalue weighted by Gasteiger charge is -2.37. The first-order valence-corrected chi connectivity index (χ1v) is 10.5. The summed E-state index contributed by atoms with van der Waals surface area (Å²) >= 11 is 0. The highest BCUT2D eigenvalue weighted by Gasteiger charge is 2.52. The van der Waals surface area contributed by atoms with Crippen LogP contribution in [0.3, 0.4) is 0 Å². The monoisotopic (exact) mass is 431 g/mol. The highest BCUT2D eigenvalue weighted by atomic mass is 16.4. The van der Waals surface area contributed by atoms with Crippen molar-refractivity contribution in [3.8, 4) is 0 Å². The van der Waals surface area contributed by atoms with Crippen LogP contribution in [0.15, 0.2) is 69.9 Å². The summed E-state index contributed by atoms with van der Waals surface area (Å²) in [4.78, 5) is 53.8. The van der Waals surface area contributed by atoms with Crippen LogP contribution in [0.25, 0.3) is 11.0 Å². The Hall–Kier alpha value is -3.94. The Kier molecular flexibility index (Phi) is 4.77. The van der Waals surface area contributed by atoms with E-state index in [9.17, 15) is 19.2 Å². The summed E-state index contributed by atoms with van der Waals surface area (Å²) in [6.07, 6.45) is 0.570. The number of para-hydroxylation sites is 1. The van der Waals surface area contributed by atoms with Crippen LogP contribution in [0.5, 0.6) is 0 Å². The normalized spacial score (nSPS) is 17.8. The number of carbonyl (C=O) groups is 3. The molecule has 0 atom stereocenters. The van der Waals surface area contributed by atoms with E-state index in [1.165, 1.54) is 15.9 Å². The molecule has 162 valence electrons. The van der Waals surface area contributed by atoms with Crippen molar-refractivity contribution < 1.29 is 18.8 Å². The third-order valence-corrected chi connectivity index (χ3v) is 6.21. The van der Waals surface area contributed by atoms with Crippen molar-refractivity contribution in [1.82, 2.24) is 15.1 Å². The number of nitrogens with zero attached hydrogens (tertiary/aromatic N) is 2. The number of hydrogen-bond acceptors (Lipinski definition) is 5. The number of carbonyl (C=O) groups excluding carboxylic acids is 3. The van der Waals surface area contributed by atoms with Gasteiger partial charge in [-0.1, -0.05) is 48.5 Å². The van der Waals surface area contributed by atoms with Crippen LogP contribution in [0.1, 0.15) is 28.8 Å². The van der Waals surface area contributed by atoms with Gasteiger partial charge in [-0.2, -0.15) is 0 Å². The van der Waals surface area contributed by atoms with E-state index in [-0.39, 0.29) is 43.9 Å². The summed E-state index contributed by atoms with van der Waals surface area (Å²) in [6, 6.07) is 17.4. The molecule has 0 radical (unpaired) electrons. The van der Waals surface area contributed by atoms with E-state index < -0.39 is 23.1 Å². The minimum atomic E-state index is -1.02. The molecule has 0 bridgehead atoms. The van der Waals surface area contributed by atoms with Gasteiger partial charge in [-0.15, -0.1) is 0 Å². The topological polar surface area (TPSA) is 99.9 Å². The van der Waals surface area contributed by atoms with Gasteiger partial charge < -0.3 is 14.6 Å². The maximum Gasteiger partial charge on any atom is 0.349 e. The minimum absolute atomic E-state index is 0.0351. The predicted octanol–water partition coefficient (Wildman–Crippen LogP) is 2.52. The van der Waals surface area contributed by atoms with Gasteiger partial charge >= 0.3 is 11.7 Å². The lowest BCUT2D eigenvalue weighted by atomic mass is 9.87. The quantitative estimate of drug-likeness (QED) is 0.507. The molecular weight excluding hydrogens is 410 g/mol. The number of likely N-dealkylation sites (tertiary alicyclic amines) is 1. The summed E-state index contributed by atoms with van der Waals surface area (Å²) < 4.78 is 5.28. The summed E-state index contributed by atoms with van der Waals surface area (Å²) in [5.41, 5.74) is -0.454. The molecule has 2 fully saturated rings. The zero-order valence-electron chi connectivity index (χ0n) is 17.2. The lowest BCUT2D eigenvalue weighted by Crippen LogP contribution is -2.56. The predicted molar refractivity (Wildman–Crippen MR) is 116 cm³/mol. The first kappa shape index (κ1) is 20.0. The fourth-order valence-electron chi connectivity index (χ4n) is 4.40. The standard InChI is InChI=1S/C24H21N3O5/c28-20(18-14-17-8-4-5-9-19(17)32-21(18)29)26-12-10-24(11-13-26)22(30)27(23(31)25-24)15-16-6-2-1-3-7-16/h1-9,14H,10-13,15H2,(H,25,31). The molecule has 8 heteroatoms. The highest BCUT2D eigenvalue weighted by Crippen LogP contribution is 2.31. The Morgan fingerprint density at radius 1 is 0.969 bits per heavy atom. The molecule has 0 unspecified atom stereocenters. The number of piperidine rings is 1. The molecule has 4 amide bonds. The van der Waals surface area contributed by atoms with Crippen molar-refractivity contribution >= 4 is 28.8 Å². The number of nitrogens with one attached hydrogen (secondary N) is 1. The molecule has 8 nitrogen and oxygen atoms in total. The van der Waals surface area contributed by atoms with Crippen LogP contribution in [0.2, 0.25) is 0 Å². The van der Waals surface area contributed by atoms with Crippen LogP contribution in [-0.4, -0.2) is 46.3 Å². The average molecular weight is 431 g/mol. The Morgan fingerprint density at radius 2 is 1.66 bits per heavy atom. The Labute approximate surface area is 183 Å². The van der Waals surface area contributed by atoms with E-state index in [2.05, 4.69) is 5.32 Å². The van der Waals surface area contributed by atoms with E-state index in [1.807, 2.05) is 30.3 Å². The zero-order valence-corrected chi connectivity index (χ0v) is 17.2. The third kappa shape index (κ3) is 3.33. The van der Waals surface area contributed by atoms with Crippen molar-refractivity contribution in [3.05, 3.63) is 82.2 Å². The van der Waals surface area contributed by atoms with Gasteiger partial charge in [-0.3, -0.25) is 14.5 Å². The first-order chi connectivity index (χ1) is 15.5. The van der Waals surface area contributed by atoms with Gasteiger partial charge in [0.1, 0.15) is 16.7 Å². The molecule has 0 saturated carbocycles. The summed E-state index contributed by atoms with van der Waals surface area (Å²) in [6.45, 7) is 0.695. The van der Waals surface area contributed by atoms with Crippen LogP contribution >= 0.6 is 0 Å². The van der Waals surface area contributed by atoms with Gasteiger partial charge in [0.25, 0.3) is 11.8 Å². The largest absolute Gasteiger partial charge is 0.422 e. The van der Waals surface area contributed by atoms with E-state index in [0.717, 1.165) is 5.56 Å². The molecule has 1 aromatic heterocycles. The number of imide groups is 1. The summed E-state index contributed by atoms with van der Waals surface area (Å²) in [5, 5.41) is 3.51. The van der Waals surface area contributed by atoms with Crippen molar-refractivity contribution in [2.24, 2.45) is 0 Å². The third-order valence-electron chi connectivity index (χ3n) is 6.21. The van der Waals surface area contributed by atoms with Crippen molar-refractivity contribution in [2.45, 2.75) is 24.9 Å². The maximum absolute atomic E-state index is 13.1. The second-order valence-corrected chi connectivity index (χ2v) is 8.17. The smallest absolute Gasteiger partial charge is 0.349 e. The fourth-order valence-corrected chi connectivity index (χ4v) is 4.40. The van der Waals surface area contributed by atoms with Gasteiger partial charge in [0.15, 0.2) is 0 Å². The van der Waals surface area contributed by atoms with Crippen molar-refractivity contribution in [3.63, 3.8) is 0 Å². The van der Waals surface area contributed by atoms with Crippen molar-refractivity contribution in [1.29, 1.82) is 0 Å². The molecule has 3 heterocycles. The van der Waals surface area contributed by atoms with Gasteiger partial charge in [0.2, 0.25) is 0 Å². The lowest BCUT2D eigenvalue weighted by molar-refractivity contribution is -0.133. The minimum Gasteiger partial charge on any atom is -0.422 e. The number of amides is 4. The number of rotatable bonds is 3. The van der Waals surface area contributed by atoms with E-state index >= 15 is 0 Å². The number of hydrogen-bond donors (Lipinski definition) is 1. The van der Waals surface area contributed by atoms with Crippen LogP contribution in [0, 0.1) is 0 Å². The summed E-state index contributed by atoms with van der Waals surface area (Å²) in [5.74, 6) is -0.707. The number of urea groups is 1. The van der Waals surface area contributed by atoms with Gasteiger partial charge in [0.05, 0.1) is 6.54 Å². The molecule has 1 spiro atoms. The first-order valence-electron chi connectivity index (χ1n) is 10.5. The molecule has 2 aromatic carbocycles. The fraction of sp³-hybridized carbons (Fsp3) is 0.250. The number of benzene rings is 2. The molecule has 2 saturated heterocycles. The van der Waals surface area contributed by atoms with Crippen molar-refractivity contribution in [2.75, 3.05) is 13.1 Å². The van der Waals surface area contributed by atoms with E-state index in [4.69, 9.17) is 4.42 Å². The average Bonchev–Trinajstić information content (AvgIpc) is 3.03. The van der Waals surface area contributed by atoms with Crippen LogP contribution in [-0.2, 0) is 11.3 Å². The van der Waals surface area contributed by atoms with E-state index in [1.54, 1.807) is 24.3 Å². The van der Waals surface area contributed by atoms with Gasteiger partial charge in [-0.05, 0) is 30.5 Å². The SMILES string of the molecule is O=C(c1cc2ccccc2oc1=O)N1CCC2(CC1)NC(=O)N(Cc1ccccc1)C2=O. The van der Waals surface area contributed by atoms with Gasteiger partial charge in [0, 0.05) is 18.5 Å². The molecule has 5 rings (SSSR count). The summed E-state index contributed by atoms with van der Waals surface area (Å²) in [7, 11) is 0. The Balaban J connectivity index is 1.31. The molecular formula is C24H21N3O5. The second-order valence-electron chi connectivity index (χ2n) is 8.17. The van der Waals surface area contributed by atoms with Crippen LogP contribution in [0.4, 0.5) is 4.79 Å². The maximum atomic E-state index is 13.1. The molecule has 3 aromatic rings. The molecule has 0 aliphatic carbocycles. The molecule has 2 aliphatic heterocycles. The Bertz CT molecular complexity index is 1280. The molecule has 1 N–H and O–H groups in total. The zero-order chi connectivity index (χ0) is 22.3. The highest BCUT2D eigenvalue weighted by molar-refractivity contribution is 6.07. The Morgan fingerprint density at radius 3 is 2.41 bits per heavy atom. The van der Waals surface area contributed by atoms with Gasteiger partial charge in [-0.25, -0.2) is 9.59 Å². The van der Waals surface area contributed by atoms with E-state index in [0.29, 0.717) is 11.0 Å². The molecule has 32 heavy (non-hydrogen) atoms. The molecule has 2 aliphatic rings. The van der Waals surface area contributed by atoms with Crippen LogP contribution < -0.4 is 10.9 Å². The number of fused-ring (bicyclic) bond motifs is 1. The second kappa shape index (κ2) is 7.64.